The summed E-state index contributed by atoms with van der Waals surface area (Å²) >= 11 is 0. The van der Waals surface area contributed by atoms with Crippen molar-refractivity contribution in [2.75, 3.05) is 31.0 Å². The van der Waals surface area contributed by atoms with Gasteiger partial charge in [0.2, 0.25) is 5.91 Å². The lowest BCUT2D eigenvalue weighted by molar-refractivity contribution is -0.170. The Hall–Kier alpha value is -3.24. The number of ether oxygens (including phenoxy) is 1. The smallest absolute Gasteiger partial charge is 0.303 e. The molecule has 0 bridgehead atoms. The maximum absolute atomic E-state index is 15.4. The van der Waals surface area contributed by atoms with Gasteiger partial charge >= 0.3 is 5.92 Å². The van der Waals surface area contributed by atoms with E-state index in [1.807, 2.05) is 19.1 Å². The van der Waals surface area contributed by atoms with Gasteiger partial charge in [0, 0.05) is 37.4 Å². The Labute approximate surface area is 220 Å². The first-order valence-electron chi connectivity index (χ1n) is 12.4. The summed E-state index contributed by atoms with van der Waals surface area (Å²) in [6.45, 7) is 7.54. The van der Waals surface area contributed by atoms with Crippen molar-refractivity contribution in [3.63, 3.8) is 0 Å². The number of rotatable bonds is 8. The molecule has 7 nitrogen and oxygen atoms in total. The van der Waals surface area contributed by atoms with Crippen LogP contribution in [0.15, 0.2) is 30.3 Å². The van der Waals surface area contributed by atoms with Crippen molar-refractivity contribution in [1.29, 1.82) is 0 Å². The maximum Gasteiger partial charge on any atom is 0.303 e. The first kappa shape index (κ1) is 27.8. The molecule has 1 aliphatic rings. The highest BCUT2D eigenvalue weighted by Gasteiger charge is 2.49. The van der Waals surface area contributed by atoms with E-state index in [1.54, 1.807) is 32.9 Å². The number of fused-ring (bicyclic) bond motifs is 2. The molecule has 1 amide bonds. The molecule has 2 atom stereocenters. The predicted octanol–water partition coefficient (Wildman–Crippen LogP) is 5.38. The Kier molecular flexibility index (Phi) is 6.95. The normalized spacial score (nSPS) is 18.7. The SMILES string of the molecule is COCC[C@]1(C)C(=O)N(C)c2cc3c(NC(C)c4cccc(C(F)(F)C(C)(C)O)c4F)nc(C)nc3cc21. The van der Waals surface area contributed by atoms with Crippen LogP contribution in [-0.2, 0) is 20.9 Å². The van der Waals surface area contributed by atoms with Crippen molar-refractivity contribution in [2.45, 2.75) is 64.0 Å². The lowest BCUT2D eigenvalue weighted by atomic mass is 9.80. The van der Waals surface area contributed by atoms with Crippen LogP contribution >= 0.6 is 0 Å². The monoisotopic (exact) mass is 530 g/mol. The fraction of sp³-hybridized carbons (Fsp3) is 0.464. The van der Waals surface area contributed by atoms with Gasteiger partial charge < -0.3 is 20.1 Å². The molecule has 1 aromatic heterocycles. The molecule has 10 heteroatoms. The van der Waals surface area contributed by atoms with Crippen LogP contribution in [0.3, 0.4) is 0 Å². The zero-order valence-electron chi connectivity index (χ0n) is 22.6. The standard InChI is InChI=1S/C28H33F3N4O3/c1-15(17-9-8-10-19(23(17)29)28(30,31)26(3,4)37)32-24-18-13-22-20(14-21(18)33-16(2)34-24)27(5,11-12-38-7)25(36)35(22)6/h8-10,13-15,37H,11-12H2,1-7H3,(H,32,33,34)/t15?,27-/m0/s1. The first-order valence-corrected chi connectivity index (χ1v) is 12.4. The number of halogens is 3. The summed E-state index contributed by atoms with van der Waals surface area (Å²) in [5.74, 6) is -4.13. The molecule has 0 saturated carbocycles. The minimum Gasteiger partial charge on any atom is -0.385 e. The van der Waals surface area contributed by atoms with Crippen molar-refractivity contribution in [3.05, 3.63) is 58.7 Å². The van der Waals surface area contributed by atoms with E-state index in [4.69, 9.17) is 4.74 Å². The van der Waals surface area contributed by atoms with Gasteiger partial charge in [-0.15, -0.1) is 0 Å². The molecule has 0 aliphatic carbocycles. The van der Waals surface area contributed by atoms with Crippen LogP contribution < -0.4 is 10.2 Å². The highest BCUT2D eigenvalue weighted by atomic mass is 19.3. The number of aryl methyl sites for hydroxylation is 1. The summed E-state index contributed by atoms with van der Waals surface area (Å²) in [5, 5.41) is 13.7. The highest BCUT2D eigenvalue weighted by molar-refractivity contribution is 6.10. The number of alkyl halides is 2. The molecule has 2 N–H and O–H groups in total. The Balaban J connectivity index is 1.78. The van der Waals surface area contributed by atoms with Crippen LogP contribution in [0.4, 0.5) is 24.7 Å². The van der Waals surface area contributed by atoms with E-state index in [0.717, 1.165) is 25.5 Å². The molecule has 1 unspecified atom stereocenters. The van der Waals surface area contributed by atoms with Crippen LogP contribution in [0.5, 0.6) is 0 Å². The largest absolute Gasteiger partial charge is 0.385 e. The quantitative estimate of drug-likeness (QED) is 0.407. The van der Waals surface area contributed by atoms with Crippen LogP contribution in [0.2, 0.25) is 0 Å². The second-order valence-corrected chi connectivity index (χ2v) is 10.7. The van der Waals surface area contributed by atoms with E-state index in [2.05, 4.69) is 15.3 Å². The van der Waals surface area contributed by atoms with Gasteiger partial charge in [-0.25, -0.2) is 14.4 Å². The second kappa shape index (κ2) is 9.50. The molecular weight excluding hydrogens is 497 g/mol. The lowest BCUT2D eigenvalue weighted by Crippen LogP contribution is -2.41. The number of aliphatic hydroxyl groups is 1. The zero-order valence-corrected chi connectivity index (χ0v) is 22.6. The second-order valence-electron chi connectivity index (χ2n) is 10.7. The molecule has 0 radical (unpaired) electrons. The van der Waals surface area contributed by atoms with Crippen molar-refractivity contribution in [3.8, 4) is 0 Å². The van der Waals surface area contributed by atoms with E-state index in [0.29, 0.717) is 41.3 Å². The van der Waals surface area contributed by atoms with Gasteiger partial charge in [0.1, 0.15) is 23.1 Å². The summed E-state index contributed by atoms with van der Waals surface area (Å²) in [5.41, 5.74) is -1.97. The summed E-state index contributed by atoms with van der Waals surface area (Å²) in [4.78, 5) is 23.9. The van der Waals surface area contributed by atoms with Gasteiger partial charge in [0.25, 0.3) is 0 Å². The van der Waals surface area contributed by atoms with Crippen molar-refractivity contribution in [1.82, 2.24) is 9.97 Å². The van der Waals surface area contributed by atoms with Gasteiger partial charge in [0.15, 0.2) is 0 Å². The molecule has 0 saturated heterocycles. The van der Waals surface area contributed by atoms with Crippen LogP contribution in [0, 0.1) is 12.7 Å². The molecule has 2 aromatic carbocycles. The maximum atomic E-state index is 15.4. The average Bonchev–Trinajstić information content (AvgIpc) is 3.01. The third-order valence-corrected chi connectivity index (χ3v) is 7.42. The number of nitrogens with one attached hydrogen (secondary N) is 1. The van der Waals surface area contributed by atoms with Crippen molar-refractivity contribution < 1.29 is 27.8 Å². The molecular formula is C28H33F3N4O3. The average molecular weight is 531 g/mol. The molecule has 0 fully saturated rings. The number of amides is 1. The number of hydrogen-bond acceptors (Lipinski definition) is 6. The number of likely N-dealkylation sites (N-methyl/N-ethyl adjacent to an activating group) is 1. The predicted molar refractivity (Wildman–Crippen MR) is 140 cm³/mol. The Morgan fingerprint density at radius 1 is 1.24 bits per heavy atom. The minimum absolute atomic E-state index is 0.00330. The molecule has 204 valence electrons. The number of carbonyl (C=O) groups is 1. The van der Waals surface area contributed by atoms with Gasteiger partial charge in [-0.05, 0) is 64.8 Å². The van der Waals surface area contributed by atoms with Gasteiger partial charge in [0.05, 0.1) is 22.5 Å². The summed E-state index contributed by atoms with van der Waals surface area (Å²) in [6.07, 6.45) is 0.502. The Bertz CT molecular complexity index is 1410. The van der Waals surface area contributed by atoms with E-state index >= 15 is 4.39 Å². The molecule has 38 heavy (non-hydrogen) atoms. The molecule has 0 spiro atoms. The number of carbonyl (C=O) groups excluding carboxylic acids is 1. The number of benzene rings is 2. The summed E-state index contributed by atoms with van der Waals surface area (Å²) < 4.78 is 50.3. The highest BCUT2D eigenvalue weighted by Crippen LogP contribution is 2.46. The minimum atomic E-state index is -3.81. The number of hydrogen-bond donors (Lipinski definition) is 2. The van der Waals surface area contributed by atoms with E-state index < -0.39 is 34.4 Å². The van der Waals surface area contributed by atoms with Gasteiger partial charge in [-0.1, -0.05) is 12.1 Å². The third-order valence-electron chi connectivity index (χ3n) is 7.42. The third kappa shape index (κ3) is 4.39. The van der Waals surface area contributed by atoms with E-state index in [1.165, 1.54) is 12.1 Å². The van der Waals surface area contributed by atoms with Crippen molar-refractivity contribution >= 4 is 28.3 Å². The lowest BCUT2D eigenvalue weighted by Gasteiger charge is -2.30. The Morgan fingerprint density at radius 2 is 1.92 bits per heavy atom. The van der Waals surface area contributed by atoms with E-state index in [-0.39, 0.29) is 11.5 Å². The molecule has 4 rings (SSSR count). The summed E-state index contributed by atoms with van der Waals surface area (Å²) in [6, 6.07) is 6.66. The van der Waals surface area contributed by atoms with Crippen LogP contribution in [0.25, 0.3) is 10.9 Å². The topological polar surface area (TPSA) is 87.6 Å². The summed E-state index contributed by atoms with van der Waals surface area (Å²) in [7, 11) is 3.30. The van der Waals surface area contributed by atoms with Gasteiger partial charge in [-0.3, -0.25) is 4.79 Å². The molecule has 1 aliphatic heterocycles. The number of aromatic nitrogens is 2. The fourth-order valence-corrected chi connectivity index (χ4v) is 4.99. The van der Waals surface area contributed by atoms with Crippen LogP contribution in [0.1, 0.15) is 62.7 Å². The fourth-order valence-electron chi connectivity index (χ4n) is 4.99. The van der Waals surface area contributed by atoms with Crippen LogP contribution in [-0.4, -0.2) is 47.3 Å². The molecule has 2 heterocycles. The van der Waals surface area contributed by atoms with Gasteiger partial charge in [-0.2, -0.15) is 8.78 Å². The number of nitrogens with zero attached hydrogens (tertiary/aromatic N) is 3. The first-order chi connectivity index (χ1) is 17.6. The number of anilines is 2. The Morgan fingerprint density at radius 3 is 2.55 bits per heavy atom. The van der Waals surface area contributed by atoms with Crippen molar-refractivity contribution in [2.24, 2.45) is 0 Å². The molecule has 3 aromatic rings. The number of methoxy groups -OCH3 is 1. The van der Waals surface area contributed by atoms with E-state index in [9.17, 15) is 18.7 Å². The zero-order chi connectivity index (χ0) is 28.2.